The van der Waals surface area contributed by atoms with Gasteiger partial charge < -0.3 is 19.4 Å². The van der Waals surface area contributed by atoms with Gasteiger partial charge >= 0.3 is 5.97 Å². The van der Waals surface area contributed by atoms with Crippen LogP contribution < -0.4 is 10.7 Å². The highest BCUT2D eigenvalue weighted by atomic mass is 31.2. The van der Waals surface area contributed by atoms with Gasteiger partial charge in [-0.1, -0.05) is 75.4 Å². The van der Waals surface area contributed by atoms with Gasteiger partial charge in [0.05, 0.1) is 0 Å². The SMILES string of the molecule is CC(C)(C)[Si](C)(C)NC(CCP(C)(=O)O[Si](C)(C)C(C)(C)C)(C(N)=O)C(=O)O[Si](C)(C)C(C)(C)C. The average molecular weight is 567 g/mol. The summed E-state index contributed by atoms with van der Waals surface area (Å²) in [5, 5.41) is -0.548. The second-order valence-corrected chi connectivity index (χ2v) is 32.2. The van der Waals surface area contributed by atoms with Gasteiger partial charge in [0.1, 0.15) is 8.24 Å². The third-order valence-electron chi connectivity index (χ3n) is 8.44. The van der Waals surface area contributed by atoms with Crippen LogP contribution in [0, 0.1) is 0 Å². The summed E-state index contributed by atoms with van der Waals surface area (Å²) in [6, 6.07) is 0. The Labute approximate surface area is 218 Å². The fourth-order valence-electron chi connectivity index (χ4n) is 2.73. The minimum atomic E-state index is -3.14. The minimum absolute atomic E-state index is 0.0370. The van der Waals surface area contributed by atoms with E-state index in [4.69, 9.17) is 14.4 Å². The van der Waals surface area contributed by atoms with Gasteiger partial charge in [-0.05, 0) is 47.7 Å². The Hall–Kier alpha value is -0.259. The van der Waals surface area contributed by atoms with Gasteiger partial charge in [-0.25, -0.2) is 0 Å². The third-order valence-corrected chi connectivity index (χ3v) is 25.6. The molecule has 0 rings (SSSR count). The maximum absolute atomic E-state index is 13.9. The Morgan fingerprint density at radius 2 is 1.20 bits per heavy atom. The summed E-state index contributed by atoms with van der Waals surface area (Å²) in [5.74, 6) is -1.45. The molecule has 0 aliphatic carbocycles. The summed E-state index contributed by atoms with van der Waals surface area (Å²) >= 11 is 0. The zero-order valence-electron chi connectivity index (χ0n) is 25.5. The highest BCUT2D eigenvalue weighted by Gasteiger charge is 2.55. The molecule has 0 heterocycles. The number of primary amides is 1. The molecule has 0 aliphatic rings. The molecule has 3 N–H and O–H groups in total. The fourth-order valence-corrected chi connectivity index (χ4v) is 11.5. The number of nitrogens with one attached hydrogen (secondary N) is 1. The first-order chi connectivity index (χ1) is 14.9. The maximum Gasteiger partial charge on any atom is 0.322 e. The lowest BCUT2D eigenvalue weighted by molar-refractivity contribution is -0.147. The van der Waals surface area contributed by atoms with E-state index in [-0.39, 0.29) is 27.7 Å². The molecule has 208 valence electrons. The highest BCUT2D eigenvalue weighted by Crippen LogP contribution is 2.52. The van der Waals surface area contributed by atoms with Crippen LogP contribution in [-0.2, 0) is 22.8 Å². The van der Waals surface area contributed by atoms with E-state index in [0.29, 0.717) is 0 Å². The fraction of sp³-hybridized carbons (Fsp3) is 0.917. The van der Waals surface area contributed by atoms with Crippen LogP contribution in [0.15, 0.2) is 0 Å². The number of hydrogen-bond acceptors (Lipinski definition) is 6. The predicted octanol–water partition coefficient (Wildman–Crippen LogP) is 6.67. The van der Waals surface area contributed by atoms with Gasteiger partial charge in [-0.15, -0.1) is 0 Å². The van der Waals surface area contributed by atoms with Crippen molar-refractivity contribution in [3.63, 3.8) is 0 Å². The summed E-state index contributed by atoms with van der Waals surface area (Å²) in [4.78, 5) is 30.5. The molecule has 0 saturated carbocycles. The summed E-state index contributed by atoms with van der Waals surface area (Å²) in [7, 11) is -10.5. The lowest BCUT2D eigenvalue weighted by Crippen LogP contribution is -2.72. The lowest BCUT2D eigenvalue weighted by Gasteiger charge is -2.46. The maximum atomic E-state index is 13.9. The average Bonchev–Trinajstić information content (AvgIpc) is 2.53. The molecule has 0 spiro atoms. The van der Waals surface area contributed by atoms with Crippen LogP contribution in [0.1, 0.15) is 68.7 Å². The smallest absolute Gasteiger partial charge is 0.322 e. The van der Waals surface area contributed by atoms with E-state index >= 15 is 0 Å². The van der Waals surface area contributed by atoms with Crippen LogP contribution in [-0.4, -0.2) is 55.1 Å². The molecule has 1 amide bonds. The van der Waals surface area contributed by atoms with E-state index < -0.39 is 49.7 Å². The third kappa shape index (κ3) is 8.64. The number of rotatable bonds is 10. The predicted molar refractivity (Wildman–Crippen MR) is 157 cm³/mol. The van der Waals surface area contributed by atoms with Gasteiger partial charge in [0.25, 0.3) is 8.32 Å². The summed E-state index contributed by atoms with van der Waals surface area (Å²) < 4.78 is 26.1. The van der Waals surface area contributed by atoms with Crippen molar-refractivity contribution >= 4 is 44.1 Å². The van der Waals surface area contributed by atoms with Crippen LogP contribution in [0.25, 0.3) is 0 Å². The van der Waals surface area contributed by atoms with Crippen LogP contribution in [0.4, 0.5) is 0 Å². The number of hydrogen-bond donors (Lipinski definition) is 2. The summed E-state index contributed by atoms with van der Waals surface area (Å²) in [6.07, 6.45) is 0.0153. The van der Waals surface area contributed by atoms with E-state index in [2.05, 4.69) is 59.6 Å². The Kier molecular flexibility index (Phi) is 10.4. The minimum Gasteiger partial charge on any atom is -0.517 e. The first-order valence-corrected chi connectivity index (χ1v) is 23.6. The Bertz CT molecular complexity index is 840. The van der Waals surface area contributed by atoms with Crippen molar-refractivity contribution in [2.24, 2.45) is 5.73 Å². The van der Waals surface area contributed by atoms with E-state index in [1.807, 2.05) is 47.0 Å². The first kappa shape index (κ1) is 34.7. The van der Waals surface area contributed by atoms with E-state index in [0.717, 1.165) is 0 Å². The number of nitrogens with two attached hydrogens (primary N) is 1. The normalized spacial score (nSPS) is 17.9. The molecule has 0 aromatic rings. The van der Waals surface area contributed by atoms with Crippen molar-refractivity contribution in [3.8, 4) is 0 Å². The van der Waals surface area contributed by atoms with E-state index in [1.165, 1.54) is 0 Å². The van der Waals surface area contributed by atoms with Gasteiger partial charge in [0.2, 0.25) is 14.2 Å². The molecular weight excluding hydrogens is 512 g/mol. The van der Waals surface area contributed by atoms with Crippen molar-refractivity contribution in [3.05, 3.63) is 0 Å². The van der Waals surface area contributed by atoms with Crippen LogP contribution in [0.5, 0.6) is 0 Å². The number of carbonyl (C=O) groups excluding carboxylic acids is 2. The molecule has 0 aromatic carbocycles. The van der Waals surface area contributed by atoms with Gasteiger partial charge in [-0.3, -0.25) is 14.2 Å². The zero-order chi connectivity index (χ0) is 28.7. The van der Waals surface area contributed by atoms with Crippen LogP contribution >= 0.6 is 7.37 Å². The quantitative estimate of drug-likeness (QED) is 0.174. The topological polar surface area (TPSA) is 108 Å². The molecule has 11 heteroatoms. The second-order valence-electron chi connectivity index (χ2n) is 14.8. The van der Waals surface area contributed by atoms with Gasteiger partial charge in [-0.2, -0.15) is 0 Å². The van der Waals surface area contributed by atoms with Gasteiger partial charge in [0.15, 0.2) is 12.9 Å². The monoisotopic (exact) mass is 566 g/mol. The molecule has 7 nitrogen and oxygen atoms in total. The van der Waals surface area contributed by atoms with Crippen molar-refractivity contribution in [2.75, 3.05) is 12.8 Å². The largest absolute Gasteiger partial charge is 0.517 e. The van der Waals surface area contributed by atoms with E-state index in [1.54, 1.807) is 6.66 Å². The van der Waals surface area contributed by atoms with Crippen molar-refractivity contribution in [1.82, 2.24) is 4.98 Å². The van der Waals surface area contributed by atoms with Crippen molar-refractivity contribution in [2.45, 2.75) is 129 Å². The standard InChI is InChI=1S/C24H55N2O5PSi3/c1-21(2,3)33(11,12)26-24(19(25)27,20(28)30-34(13,14)22(4,5)6)17-18-32(10,29)31-35(15,16)23(7,8)9/h26H,17-18H2,1-16H3,(H2,25,27). The Morgan fingerprint density at radius 3 is 1.51 bits per heavy atom. The Morgan fingerprint density at radius 1 is 0.800 bits per heavy atom. The number of amides is 1. The van der Waals surface area contributed by atoms with Crippen LogP contribution in [0.2, 0.25) is 54.4 Å². The molecule has 0 saturated heterocycles. The molecule has 0 aromatic heterocycles. The lowest BCUT2D eigenvalue weighted by atomic mass is 9.97. The molecule has 0 fully saturated rings. The van der Waals surface area contributed by atoms with E-state index in [9.17, 15) is 14.2 Å². The highest BCUT2D eigenvalue weighted by molar-refractivity contribution is 7.59. The van der Waals surface area contributed by atoms with Crippen molar-refractivity contribution < 1.29 is 22.8 Å². The molecular formula is C24H55N2O5PSi3. The van der Waals surface area contributed by atoms with Gasteiger partial charge in [0, 0.05) is 12.8 Å². The van der Waals surface area contributed by atoms with Crippen LogP contribution in [0.3, 0.4) is 0 Å². The molecule has 0 radical (unpaired) electrons. The second kappa shape index (κ2) is 10.5. The Balaban J connectivity index is 6.52. The van der Waals surface area contributed by atoms with Crippen molar-refractivity contribution in [1.29, 1.82) is 0 Å². The molecule has 2 unspecified atom stereocenters. The number of carbonyl (C=O) groups is 2. The molecule has 0 aliphatic heterocycles. The summed E-state index contributed by atoms with van der Waals surface area (Å²) in [6.45, 7) is 32.4. The molecule has 2 atom stereocenters. The first-order valence-electron chi connectivity index (χ1n) is 12.5. The summed E-state index contributed by atoms with van der Waals surface area (Å²) in [5.41, 5.74) is 4.21. The zero-order valence-corrected chi connectivity index (χ0v) is 29.4. The molecule has 0 bridgehead atoms. The molecule has 35 heavy (non-hydrogen) atoms.